The van der Waals surface area contributed by atoms with Gasteiger partial charge >= 0.3 is 6.18 Å². The van der Waals surface area contributed by atoms with E-state index in [0.717, 1.165) is 57.1 Å². The number of carbonyl (C=O) groups is 1. The van der Waals surface area contributed by atoms with Crippen molar-refractivity contribution >= 4 is 5.78 Å². The Morgan fingerprint density at radius 1 is 0.750 bits per heavy atom. The number of alkyl halides is 3. The zero-order chi connectivity index (χ0) is 37.3. The van der Waals surface area contributed by atoms with E-state index >= 15 is 0 Å². The molecular weight excluding hydrogens is 671 g/mol. The van der Waals surface area contributed by atoms with Gasteiger partial charge in [-0.2, -0.15) is 13.2 Å². The Morgan fingerprint density at radius 3 is 1.90 bits per heavy atom. The molecule has 1 heterocycles. The van der Waals surface area contributed by atoms with Crippen LogP contribution in [0, 0.1) is 13.8 Å². The summed E-state index contributed by atoms with van der Waals surface area (Å²) < 4.78 is 64.6. The molecule has 0 aliphatic carbocycles. The van der Waals surface area contributed by atoms with Crippen LogP contribution in [0.15, 0.2) is 84.9 Å². The number of ether oxygens (including phenoxy) is 4. The van der Waals surface area contributed by atoms with Crippen LogP contribution in [0.1, 0.15) is 45.5 Å². The molecule has 11 heteroatoms. The van der Waals surface area contributed by atoms with Gasteiger partial charge < -0.3 is 29.2 Å². The lowest BCUT2D eigenvalue weighted by Crippen LogP contribution is -2.12. The standard InChI is InChI=1S/C41H44F3N3O5/c1-27-24-32(13-17-36(27)49-3)38-39(33-14-18-37(50-4)28(2)25-33)47(40(46-38)31-11-15-34(16-12-31)41(42,43)44)26-29-7-9-30(10-8-29)35(48)6-5-20-51-22-23-52-21-19-45/h7-18,24-25H,5-6,19-23,26,45H2,1-4H3. The van der Waals surface area contributed by atoms with Gasteiger partial charge in [0, 0.05) is 48.4 Å². The molecule has 0 aliphatic heterocycles. The summed E-state index contributed by atoms with van der Waals surface area (Å²) in [5.74, 6) is 1.95. The van der Waals surface area contributed by atoms with Gasteiger partial charge in [-0.25, -0.2) is 4.98 Å². The van der Waals surface area contributed by atoms with Gasteiger partial charge in [-0.15, -0.1) is 0 Å². The molecule has 0 radical (unpaired) electrons. The molecule has 0 unspecified atom stereocenters. The second-order valence-electron chi connectivity index (χ2n) is 12.4. The van der Waals surface area contributed by atoms with E-state index in [2.05, 4.69) is 0 Å². The Kier molecular flexibility index (Phi) is 12.9. The number of carbonyl (C=O) groups excluding carboxylic acids is 1. The maximum Gasteiger partial charge on any atom is 0.416 e. The normalized spacial score (nSPS) is 11.5. The van der Waals surface area contributed by atoms with Gasteiger partial charge in [-0.3, -0.25) is 4.79 Å². The van der Waals surface area contributed by atoms with Crippen molar-refractivity contribution in [2.45, 2.75) is 39.4 Å². The summed E-state index contributed by atoms with van der Waals surface area (Å²) in [6, 6.07) is 24.1. The van der Waals surface area contributed by atoms with Crippen LogP contribution in [0.2, 0.25) is 0 Å². The lowest BCUT2D eigenvalue weighted by Gasteiger charge is -2.16. The maximum absolute atomic E-state index is 13.6. The summed E-state index contributed by atoms with van der Waals surface area (Å²) in [5, 5.41) is 0. The Balaban J connectivity index is 1.53. The van der Waals surface area contributed by atoms with Crippen molar-refractivity contribution in [3.8, 4) is 45.4 Å². The Labute approximate surface area is 302 Å². The highest BCUT2D eigenvalue weighted by molar-refractivity contribution is 5.96. The third-order valence-electron chi connectivity index (χ3n) is 8.72. The second kappa shape index (κ2) is 17.5. The predicted octanol–water partition coefficient (Wildman–Crippen LogP) is 8.54. The van der Waals surface area contributed by atoms with Gasteiger partial charge in [0.1, 0.15) is 17.3 Å². The van der Waals surface area contributed by atoms with Crippen molar-refractivity contribution in [1.82, 2.24) is 9.55 Å². The average Bonchev–Trinajstić information content (AvgIpc) is 3.51. The molecule has 0 saturated heterocycles. The maximum atomic E-state index is 13.6. The molecule has 8 nitrogen and oxygen atoms in total. The zero-order valence-electron chi connectivity index (χ0n) is 29.9. The number of methoxy groups -OCH3 is 2. The number of aromatic nitrogens is 2. The van der Waals surface area contributed by atoms with E-state index in [4.69, 9.17) is 29.7 Å². The fourth-order valence-corrected chi connectivity index (χ4v) is 6.04. The van der Waals surface area contributed by atoms with Crippen molar-refractivity contribution in [3.63, 3.8) is 0 Å². The van der Waals surface area contributed by atoms with Crippen LogP contribution in [-0.2, 0) is 22.2 Å². The van der Waals surface area contributed by atoms with E-state index in [-0.39, 0.29) is 5.78 Å². The SMILES string of the molecule is COc1ccc(-c2nc(-c3ccc(C(F)(F)F)cc3)n(Cc3ccc(C(=O)CCCOCCOCCN)cc3)c2-c2ccc(OC)c(C)c2)cc1C. The minimum atomic E-state index is -4.48. The lowest BCUT2D eigenvalue weighted by molar-refractivity contribution is -0.137. The first-order valence-electron chi connectivity index (χ1n) is 17.1. The van der Waals surface area contributed by atoms with E-state index < -0.39 is 11.7 Å². The Hall–Kier alpha value is -4.97. The minimum Gasteiger partial charge on any atom is -0.496 e. The monoisotopic (exact) mass is 715 g/mol. The van der Waals surface area contributed by atoms with E-state index in [1.807, 2.05) is 66.9 Å². The third kappa shape index (κ3) is 9.27. The number of rotatable bonds is 17. The van der Waals surface area contributed by atoms with Gasteiger partial charge in [0.2, 0.25) is 0 Å². The van der Waals surface area contributed by atoms with Gasteiger partial charge in [-0.05, 0) is 85.5 Å². The molecule has 0 spiro atoms. The Morgan fingerprint density at radius 2 is 1.33 bits per heavy atom. The zero-order valence-corrected chi connectivity index (χ0v) is 29.9. The van der Waals surface area contributed by atoms with Crippen LogP contribution < -0.4 is 15.2 Å². The molecule has 4 aromatic carbocycles. The highest BCUT2D eigenvalue weighted by Gasteiger charge is 2.30. The van der Waals surface area contributed by atoms with Gasteiger partial charge in [0.05, 0.1) is 51.0 Å². The molecule has 0 atom stereocenters. The topological polar surface area (TPSA) is 97.8 Å². The summed E-state index contributed by atoms with van der Waals surface area (Å²) in [6.07, 6.45) is -3.55. The predicted molar refractivity (Wildman–Crippen MR) is 196 cm³/mol. The van der Waals surface area contributed by atoms with E-state index in [9.17, 15) is 18.0 Å². The number of hydrogen-bond acceptors (Lipinski definition) is 7. The van der Waals surface area contributed by atoms with Gasteiger partial charge in [-0.1, -0.05) is 36.4 Å². The molecule has 0 saturated carbocycles. The van der Waals surface area contributed by atoms with Crippen LogP contribution in [0.25, 0.3) is 33.9 Å². The number of benzene rings is 4. The molecule has 274 valence electrons. The fourth-order valence-electron chi connectivity index (χ4n) is 6.04. The fraction of sp³-hybridized carbons (Fsp3) is 0.317. The summed E-state index contributed by atoms with van der Waals surface area (Å²) in [5.41, 5.74) is 11.6. The van der Waals surface area contributed by atoms with Crippen molar-refractivity contribution < 1.29 is 36.9 Å². The molecule has 0 amide bonds. The van der Waals surface area contributed by atoms with E-state index in [1.54, 1.807) is 26.4 Å². The molecule has 0 aliphatic rings. The molecule has 5 rings (SSSR count). The highest BCUT2D eigenvalue weighted by atomic mass is 19.4. The largest absolute Gasteiger partial charge is 0.496 e. The third-order valence-corrected chi connectivity index (χ3v) is 8.72. The van der Waals surface area contributed by atoms with Crippen LogP contribution in [0.5, 0.6) is 11.5 Å². The molecule has 1 aromatic heterocycles. The number of nitrogens with two attached hydrogens (primary N) is 1. The molecular formula is C41H44F3N3O5. The van der Waals surface area contributed by atoms with Crippen LogP contribution in [0.3, 0.4) is 0 Å². The van der Waals surface area contributed by atoms with Crippen LogP contribution in [0.4, 0.5) is 13.2 Å². The number of nitrogens with zero attached hydrogens (tertiary/aromatic N) is 2. The minimum absolute atomic E-state index is 0.00849. The summed E-state index contributed by atoms with van der Waals surface area (Å²) in [7, 11) is 3.23. The van der Waals surface area contributed by atoms with Crippen molar-refractivity contribution in [3.05, 3.63) is 113 Å². The number of ketones is 1. The first-order chi connectivity index (χ1) is 25.0. The summed E-state index contributed by atoms with van der Waals surface area (Å²) in [6.45, 7) is 6.54. The summed E-state index contributed by atoms with van der Waals surface area (Å²) in [4.78, 5) is 18.1. The van der Waals surface area contributed by atoms with E-state index in [0.29, 0.717) is 75.0 Å². The quantitative estimate of drug-likeness (QED) is 0.0762. The number of halogens is 3. The number of Topliss-reactive ketones (excluding diaryl/α,β-unsaturated/α-hetero) is 1. The highest BCUT2D eigenvalue weighted by Crippen LogP contribution is 2.40. The molecule has 52 heavy (non-hydrogen) atoms. The first kappa shape index (κ1) is 38.3. The van der Waals surface area contributed by atoms with Crippen molar-refractivity contribution in [2.24, 2.45) is 5.73 Å². The number of aryl methyl sites for hydroxylation is 2. The van der Waals surface area contributed by atoms with Gasteiger partial charge in [0.15, 0.2) is 5.78 Å². The first-order valence-corrected chi connectivity index (χ1v) is 17.1. The second-order valence-corrected chi connectivity index (χ2v) is 12.4. The number of imidazole rings is 1. The van der Waals surface area contributed by atoms with Gasteiger partial charge in [0.25, 0.3) is 0 Å². The molecule has 0 bridgehead atoms. The molecule has 0 fully saturated rings. The smallest absolute Gasteiger partial charge is 0.416 e. The molecule has 2 N–H and O–H groups in total. The van der Waals surface area contributed by atoms with Crippen LogP contribution >= 0.6 is 0 Å². The summed E-state index contributed by atoms with van der Waals surface area (Å²) >= 11 is 0. The lowest BCUT2D eigenvalue weighted by atomic mass is 10.0. The average molecular weight is 716 g/mol. The number of hydrogen-bond donors (Lipinski definition) is 1. The molecule has 5 aromatic rings. The Bertz CT molecular complexity index is 1950. The van der Waals surface area contributed by atoms with E-state index in [1.165, 1.54) is 12.1 Å². The van der Waals surface area contributed by atoms with Crippen molar-refractivity contribution in [1.29, 1.82) is 0 Å². The van der Waals surface area contributed by atoms with Crippen molar-refractivity contribution in [2.75, 3.05) is 47.2 Å². The van der Waals surface area contributed by atoms with Crippen LogP contribution in [-0.4, -0.2) is 62.5 Å².